The minimum absolute atomic E-state index is 0.0419. The van der Waals surface area contributed by atoms with Crippen LogP contribution < -0.4 is 5.32 Å². The van der Waals surface area contributed by atoms with Crippen LogP contribution >= 0.6 is 11.5 Å². The summed E-state index contributed by atoms with van der Waals surface area (Å²) < 4.78 is 42.4. The number of halogens is 3. The standard InChI is InChI=1S/C10H9F3N4S/c1-14-9(8-5-18-17-16-8)6-4-15-3-2-7(6)10(11,12)13/h2-5,9,14H,1H3. The molecule has 0 radical (unpaired) electrons. The molecule has 8 heteroatoms. The summed E-state index contributed by atoms with van der Waals surface area (Å²) >= 11 is 1.09. The first-order chi connectivity index (χ1) is 8.54. The zero-order valence-electron chi connectivity index (χ0n) is 9.27. The number of rotatable bonds is 3. The van der Waals surface area contributed by atoms with Gasteiger partial charge in [0.2, 0.25) is 0 Å². The molecule has 0 bridgehead atoms. The molecule has 0 aromatic carbocycles. The lowest BCUT2D eigenvalue weighted by Gasteiger charge is -2.18. The lowest BCUT2D eigenvalue weighted by molar-refractivity contribution is -0.138. The maximum absolute atomic E-state index is 12.9. The molecule has 0 aliphatic heterocycles. The van der Waals surface area contributed by atoms with Crippen LogP contribution in [-0.2, 0) is 6.18 Å². The van der Waals surface area contributed by atoms with Gasteiger partial charge < -0.3 is 5.32 Å². The molecule has 0 aliphatic carbocycles. The van der Waals surface area contributed by atoms with Crippen molar-refractivity contribution in [2.24, 2.45) is 0 Å². The number of alkyl halides is 3. The van der Waals surface area contributed by atoms with Crippen LogP contribution in [0.25, 0.3) is 0 Å². The van der Waals surface area contributed by atoms with Crippen LogP contribution in [0.4, 0.5) is 13.2 Å². The van der Waals surface area contributed by atoms with Crippen molar-refractivity contribution in [1.29, 1.82) is 0 Å². The summed E-state index contributed by atoms with van der Waals surface area (Å²) in [6.07, 6.45) is -2.10. The van der Waals surface area contributed by atoms with E-state index in [4.69, 9.17) is 0 Å². The molecule has 18 heavy (non-hydrogen) atoms. The third-order valence-electron chi connectivity index (χ3n) is 2.43. The van der Waals surface area contributed by atoms with E-state index >= 15 is 0 Å². The summed E-state index contributed by atoms with van der Waals surface area (Å²) in [4.78, 5) is 3.75. The van der Waals surface area contributed by atoms with Crippen molar-refractivity contribution in [3.05, 3.63) is 40.7 Å². The van der Waals surface area contributed by atoms with E-state index in [1.807, 2.05) is 0 Å². The SMILES string of the molecule is CNC(c1csnn1)c1cnccc1C(F)(F)F. The molecule has 96 valence electrons. The van der Waals surface area contributed by atoms with Crippen molar-refractivity contribution in [1.82, 2.24) is 19.9 Å². The Morgan fingerprint density at radius 2 is 2.17 bits per heavy atom. The van der Waals surface area contributed by atoms with Gasteiger partial charge in [-0.15, -0.1) is 5.10 Å². The third-order valence-corrected chi connectivity index (χ3v) is 2.95. The second-order valence-corrected chi connectivity index (χ2v) is 4.12. The number of nitrogens with zero attached hydrogens (tertiary/aromatic N) is 3. The third kappa shape index (κ3) is 2.49. The topological polar surface area (TPSA) is 50.7 Å². The van der Waals surface area contributed by atoms with Gasteiger partial charge in [0.25, 0.3) is 0 Å². The molecule has 2 rings (SSSR count). The van der Waals surface area contributed by atoms with Gasteiger partial charge in [-0.2, -0.15) is 13.2 Å². The number of pyridine rings is 1. The van der Waals surface area contributed by atoms with E-state index in [1.54, 1.807) is 12.4 Å². The number of hydrogen-bond acceptors (Lipinski definition) is 5. The first kappa shape index (κ1) is 12.9. The summed E-state index contributed by atoms with van der Waals surface area (Å²) in [7, 11) is 1.57. The lowest BCUT2D eigenvalue weighted by Crippen LogP contribution is -2.22. The van der Waals surface area contributed by atoms with E-state index in [-0.39, 0.29) is 5.56 Å². The van der Waals surface area contributed by atoms with Crippen LogP contribution in [0.15, 0.2) is 23.8 Å². The fraction of sp³-hybridized carbons (Fsp3) is 0.300. The Bertz CT molecular complexity index is 512. The van der Waals surface area contributed by atoms with Crippen molar-refractivity contribution in [3.8, 4) is 0 Å². The van der Waals surface area contributed by atoms with Crippen LogP contribution in [0.3, 0.4) is 0 Å². The Kier molecular flexibility index (Phi) is 3.58. The zero-order chi connectivity index (χ0) is 13.2. The smallest absolute Gasteiger partial charge is 0.308 e. The largest absolute Gasteiger partial charge is 0.416 e. The molecule has 1 N–H and O–H groups in total. The molecule has 0 saturated heterocycles. The maximum atomic E-state index is 12.9. The average Bonchev–Trinajstić information content (AvgIpc) is 2.83. The highest BCUT2D eigenvalue weighted by atomic mass is 32.1. The van der Waals surface area contributed by atoms with Crippen molar-refractivity contribution >= 4 is 11.5 Å². The highest BCUT2D eigenvalue weighted by molar-refractivity contribution is 7.03. The fourth-order valence-corrected chi connectivity index (χ4v) is 2.13. The van der Waals surface area contributed by atoms with Crippen molar-refractivity contribution < 1.29 is 13.2 Å². The van der Waals surface area contributed by atoms with Gasteiger partial charge in [-0.25, -0.2) is 0 Å². The highest BCUT2D eigenvalue weighted by Gasteiger charge is 2.35. The summed E-state index contributed by atoms with van der Waals surface area (Å²) in [5.41, 5.74) is -0.231. The van der Waals surface area contributed by atoms with Gasteiger partial charge in [0.05, 0.1) is 17.3 Å². The molecule has 2 heterocycles. The zero-order valence-corrected chi connectivity index (χ0v) is 10.1. The highest BCUT2D eigenvalue weighted by Crippen LogP contribution is 2.35. The lowest BCUT2D eigenvalue weighted by atomic mass is 10.0. The monoisotopic (exact) mass is 274 g/mol. The minimum Gasteiger partial charge on any atom is -0.308 e. The summed E-state index contributed by atoms with van der Waals surface area (Å²) in [6.45, 7) is 0. The molecule has 0 spiro atoms. The second kappa shape index (κ2) is 4.99. The van der Waals surface area contributed by atoms with Gasteiger partial charge in [0.1, 0.15) is 0 Å². The predicted octanol–water partition coefficient (Wildman–Crippen LogP) is 2.26. The maximum Gasteiger partial charge on any atom is 0.416 e. The Morgan fingerprint density at radius 3 is 2.72 bits per heavy atom. The molecule has 2 aromatic rings. The predicted molar refractivity (Wildman–Crippen MR) is 60.1 cm³/mol. The van der Waals surface area contributed by atoms with Crippen molar-refractivity contribution in [3.63, 3.8) is 0 Å². The van der Waals surface area contributed by atoms with Gasteiger partial charge in [-0.05, 0) is 24.6 Å². The van der Waals surface area contributed by atoms with Crippen LogP contribution in [0.1, 0.15) is 22.9 Å². The van der Waals surface area contributed by atoms with E-state index in [0.717, 1.165) is 23.8 Å². The van der Waals surface area contributed by atoms with E-state index in [0.29, 0.717) is 5.69 Å². The summed E-state index contributed by atoms with van der Waals surface area (Å²) in [6, 6.07) is 0.286. The molecular formula is C10H9F3N4S. The molecule has 0 amide bonds. The molecule has 2 aromatic heterocycles. The van der Waals surface area contributed by atoms with Crippen LogP contribution in [0, 0.1) is 0 Å². The molecule has 0 saturated carbocycles. The van der Waals surface area contributed by atoms with Crippen molar-refractivity contribution in [2.45, 2.75) is 12.2 Å². The van der Waals surface area contributed by atoms with E-state index < -0.39 is 17.8 Å². The van der Waals surface area contributed by atoms with Crippen LogP contribution in [-0.4, -0.2) is 21.6 Å². The average molecular weight is 274 g/mol. The van der Waals surface area contributed by atoms with E-state index in [2.05, 4.69) is 19.9 Å². The molecule has 4 nitrogen and oxygen atoms in total. The molecule has 0 fully saturated rings. The number of hydrogen-bond donors (Lipinski definition) is 1. The molecule has 1 unspecified atom stereocenters. The van der Waals surface area contributed by atoms with Gasteiger partial charge >= 0.3 is 6.18 Å². The Balaban J connectivity index is 2.50. The fourth-order valence-electron chi connectivity index (χ4n) is 1.66. The quantitative estimate of drug-likeness (QED) is 0.932. The van der Waals surface area contributed by atoms with Gasteiger partial charge in [-0.1, -0.05) is 4.49 Å². The second-order valence-electron chi connectivity index (χ2n) is 3.51. The van der Waals surface area contributed by atoms with E-state index in [1.165, 1.54) is 6.20 Å². The van der Waals surface area contributed by atoms with Crippen LogP contribution in [0.2, 0.25) is 0 Å². The van der Waals surface area contributed by atoms with Crippen molar-refractivity contribution in [2.75, 3.05) is 7.05 Å². The Morgan fingerprint density at radius 1 is 1.39 bits per heavy atom. The molecular weight excluding hydrogens is 265 g/mol. The normalized spacial score (nSPS) is 13.6. The minimum atomic E-state index is -4.42. The number of aromatic nitrogens is 3. The molecule has 0 aliphatic rings. The first-order valence-corrected chi connectivity index (χ1v) is 5.83. The Hall–Kier alpha value is -1.54. The van der Waals surface area contributed by atoms with E-state index in [9.17, 15) is 13.2 Å². The van der Waals surface area contributed by atoms with Crippen LogP contribution in [0.5, 0.6) is 0 Å². The van der Waals surface area contributed by atoms with Gasteiger partial charge in [0, 0.05) is 23.3 Å². The summed E-state index contributed by atoms with van der Waals surface area (Å²) in [5.74, 6) is 0. The Labute approximate surface area is 105 Å². The number of nitrogens with one attached hydrogen (secondary N) is 1. The van der Waals surface area contributed by atoms with Gasteiger partial charge in [-0.3, -0.25) is 4.98 Å². The van der Waals surface area contributed by atoms with Gasteiger partial charge in [0.15, 0.2) is 0 Å². The first-order valence-electron chi connectivity index (χ1n) is 4.99. The molecule has 1 atom stereocenters. The summed E-state index contributed by atoms with van der Waals surface area (Å²) in [5, 5.41) is 8.20.